The molecule has 1 fully saturated rings. The summed E-state index contributed by atoms with van der Waals surface area (Å²) in [5.74, 6) is -1.61. The fraction of sp³-hybridized carbons (Fsp3) is 0.208. The fourth-order valence-corrected chi connectivity index (χ4v) is 7.09. The van der Waals surface area contributed by atoms with Gasteiger partial charge in [-0.1, -0.05) is 36.0 Å². The molecule has 2 aliphatic heterocycles. The number of aliphatic carboxylic acids is 1. The van der Waals surface area contributed by atoms with Crippen LogP contribution < -0.4 is 15.0 Å². The molecule has 11 heteroatoms. The van der Waals surface area contributed by atoms with E-state index >= 15 is 0 Å². The molecule has 35 heavy (non-hydrogen) atoms. The van der Waals surface area contributed by atoms with Gasteiger partial charge >= 0.3 is 0 Å². The number of hydrogen-bond acceptors (Lipinski definition) is 8. The van der Waals surface area contributed by atoms with E-state index in [1.165, 1.54) is 39.8 Å². The Morgan fingerprint density at radius 2 is 2.03 bits per heavy atom. The second kappa shape index (κ2) is 10.2. The molecule has 3 aromatic rings. The Kier molecular flexibility index (Phi) is 6.89. The quantitative estimate of drug-likeness (QED) is 0.269. The van der Waals surface area contributed by atoms with Crippen LogP contribution >= 0.6 is 34.9 Å². The molecule has 2 aliphatic rings. The van der Waals surface area contributed by atoms with Crippen molar-refractivity contribution in [3.8, 4) is 0 Å². The van der Waals surface area contributed by atoms with Gasteiger partial charge in [0.05, 0.1) is 27.6 Å². The van der Waals surface area contributed by atoms with Gasteiger partial charge in [-0.2, -0.15) is 0 Å². The Hall–Kier alpha value is -3.15. The van der Waals surface area contributed by atoms with Crippen LogP contribution in [0.15, 0.2) is 82.6 Å². The smallest absolute Gasteiger partial charge is 0.253 e. The maximum absolute atomic E-state index is 12.8. The van der Waals surface area contributed by atoms with Gasteiger partial charge in [-0.3, -0.25) is 14.5 Å². The summed E-state index contributed by atoms with van der Waals surface area (Å²) >= 11 is 4.25. The number of allylic oxidation sites excluding steroid dienone is 2. The topological polar surface area (TPSA) is 106 Å². The van der Waals surface area contributed by atoms with Crippen molar-refractivity contribution in [3.05, 3.63) is 78.3 Å². The number of amides is 2. The van der Waals surface area contributed by atoms with Gasteiger partial charge in [-0.25, -0.2) is 9.55 Å². The van der Waals surface area contributed by atoms with Crippen LogP contribution in [0.25, 0.3) is 10.2 Å². The van der Waals surface area contributed by atoms with Crippen molar-refractivity contribution in [1.82, 2.24) is 15.2 Å². The number of carboxylic acid groups (broad SMARTS) is 1. The van der Waals surface area contributed by atoms with Crippen LogP contribution in [0.3, 0.4) is 0 Å². The van der Waals surface area contributed by atoms with Gasteiger partial charge in [0.15, 0.2) is 23.3 Å². The van der Waals surface area contributed by atoms with Gasteiger partial charge in [0.2, 0.25) is 5.91 Å². The third-order valence-corrected chi connectivity index (χ3v) is 9.00. The number of para-hydroxylation sites is 1. The molecule has 2 aromatic heterocycles. The summed E-state index contributed by atoms with van der Waals surface area (Å²) in [6, 6.07) is 12.7. The van der Waals surface area contributed by atoms with E-state index in [0.29, 0.717) is 17.9 Å². The highest BCUT2D eigenvalue weighted by Gasteiger charge is 2.52. The Labute approximate surface area is 213 Å². The van der Waals surface area contributed by atoms with E-state index in [-0.39, 0.29) is 17.4 Å². The molecule has 0 spiro atoms. The van der Waals surface area contributed by atoms with Crippen LogP contribution in [0.1, 0.15) is 0 Å². The van der Waals surface area contributed by atoms with Crippen molar-refractivity contribution < 1.29 is 24.1 Å². The number of β-lactam (4-membered cyclic amide) rings is 1. The van der Waals surface area contributed by atoms with E-state index in [1.807, 2.05) is 65.5 Å². The van der Waals surface area contributed by atoms with Crippen molar-refractivity contribution in [1.29, 1.82) is 0 Å². The van der Waals surface area contributed by atoms with E-state index in [9.17, 15) is 19.5 Å². The molecule has 8 nitrogen and oxygen atoms in total. The first kappa shape index (κ1) is 23.6. The van der Waals surface area contributed by atoms with E-state index < -0.39 is 23.3 Å². The lowest BCUT2D eigenvalue weighted by molar-refractivity contribution is -0.687. The normalized spacial score (nSPS) is 19.7. The minimum absolute atomic E-state index is 0.120. The monoisotopic (exact) mass is 524 g/mol. The predicted molar refractivity (Wildman–Crippen MR) is 133 cm³/mol. The Morgan fingerprint density at radius 3 is 2.80 bits per heavy atom. The molecule has 0 bridgehead atoms. The van der Waals surface area contributed by atoms with Crippen LogP contribution in [0.2, 0.25) is 0 Å². The molecular weight excluding hydrogens is 504 g/mol. The second-order valence-corrected chi connectivity index (χ2v) is 11.2. The van der Waals surface area contributed by atoms with Crippen molar-refractivity contribution in [2.24, 2.45) is 0 Å². The molecule has 5 rings (SSSR count). The van der Waals surface area contributed by atoms with Crippen LogP contribution in [0.4, 0.5) is 0 Å². The van der Waals surface area contributed by atoms with E-state index in [0.717, 1.165) is 14.6 Å². The summed E-state index contributed by atoms with van der Waals surface area (Å²) in [6.07, 6.45) is 7.39. The van der Waals surface area contributed by atoms with Crippen molar-refractivity contribution in [3.63, 3.8) is 0 Å². The van der Waals surface area contributed by atoms with Crippen LogP contribution in [0, 0.1) is 0 Å². The number of rotatable bonds is 8. The molecule has 1 N–H and O–H groups in total. The number of carboxylic acids is 1. The van der Waals surface area contributed by atoms with Gasteiger partial charge in [0.25, 0.3) is 5.91 Å². The van der Waals surface area contributed by atoms with Gasteiger partial charge < -0.3 is 15.2 Å². The maximum atomic E-state index is 12.8. The Morgan fingerprint density at radius 1 is 1.23 bits per heavy atom. The first-order chi connectivity index (χ1) is 17.0. The number of thioether (sulfide) groups is 2. The average Bonchev–Trinajstić information content (AvgIpc) is 3.29. The summed E-state index contributed by atoms with van der Waals surface area (Å²) in [5, 5.41) is 14.2. The molecule has 0 radical (unpaired) electrons. The molecule has 0 aliphatic carbocycles. The van der Waals surface area contributed by atoms with Gasteiger partial charge in [-0.05, 0) is 23.8 Å². The van der Waals surface area contributed by atoms with Crippen LogP contribution in [0.5, 0.6) is 0 Å². The molecular formula is C24H20N4O4S3. The minimum atomic E-state index is -1.40. The molecule has 1 saturated heterocycles. The predicted octanol–water partition coefficient (Wildman–Crippen LogP) is 1.34. The number of thiazole rings is 1. The Balaban J connectivity index is 1.21. The highest BCUT2D eigenvalue weighted by Crippen LogP contribution is 2.40. The summed E-state index contributed by atoms with van der Waals surface area (Å²) in [6.45, 7) is 0.567. The highest BCUT2D eigenvalue weighted by atomic mass is 32.2. The lowest BCUT2D eigenvalue weighted by atomic mass is 10.0. The SMILES string of the molecule is O=C(CSc1nc2ccccc2s1)N[C@@H]1C(=O)N2C(C(=O)[O-])=C(C=CC[n+]3ccccc3)CS[C@H]12. The molecule has 0 saturated carbocycles. The fourth-order valence-electron chi connectivity index (χ4n) is 3.89. The molecule has 178 valence electrons. The summed E-state index contributed by atoms with van der Waals surface area (Å²) < 4.78 is 3.77. The third kappa shape index (κ3) is 4.97. The van der Waals surface area contributed by atoms with Crippen LogP contribution in [-0.4, -0.2) is 50.6 Å². The number of fused-ring (bicyclic) bond motifs is 2. The summed E-state index contributed by atoms with van der Waals surface area (Å²) in [4.78, 5) is 42.9. The summed E-state index contributed by atoms with van der Waals surface area (Å²) in [5.41, 5.74) is 1.28. The molecule has 4 heterocycles. The minimum Gasteiger partial charge on any atom is -0.543 e. The van der Waals surface area contributed by atoms with E-state index in [4.69, 9.17) is 0 Å². The number of hydrogen-bond donors (Lipinski definition) is 1. The second-order valence-electron chi connectivity index (χ2n) is 7.83. The highest BCUT2D eigenvalue weighted by molar-refractivity contribution is 8.01. The number of pyridine rings is 1. The van der Waals surface area contributed by atoms with Gasteiger partial charge in [0.1, 0.15) is 11.4 Å². The van der Waals surface area contributed by atoms with E-state index in [2.05, 4.69) is 10.3 Å². The molecule has 0 unspecified atom stereocenters. The average molecular weight is 525 g/mol. The lowest BCUT2D eigenvalue weighted by Gasteiger charge is -2.50. The van der Waals surface area contributed by atoms with E-state index in [1.54, 1.807) is 6.08 Å². The number of aromatic nitrogens is 2. The van der Waals surface area contributed by atoms with Crippen molar-refractivity contribution >= 4 is 62.9 Å². The summed E-state index contributed by atoms with van der Waals surface area (Å²) in [7, 11) is 0. The molecule has 2 atom stereocenters. The first-order valence-electron chi connectivity index (χ1n) is 10.8. The van der Waals surface area contributed by atoms with Crippen molar-refractivity contribution in [2.75, 3.05) is 11.5 Å². The zero-order valence-electron chi connectivity index (χ0n) is 18.3. The number of nitrogens with zero attached hydrogens (tertiary/aromatic N) is 3. The molecule has 1 aromatic carbocycles. The number of benzene rings is 1. The third-order valence-electron chi connectivity index (χ3n) is 5.52. The Bertz CT molecular complexity index is 1320. The maximum Gasteiger partial charge on any atom is 0.253 e. The van der Waals surface area contributed by atoms with Gasteiger partial charge in [0, 0.05) is 17.9 Å². The molecule has 2 amide bonds. The van der Waals surface area contributed by atoms with Crippen molar-refractivity contribution in [2.45, 2.75) is 22.3 Å². The standard InChI is InChI=1S/C24H20N4O4S3/c29-18(14-34-24-25-16-8-2-3-9-17(16)35-24)26-19-21(30)28-20(23(31)32)15(13-33-22(19)28)7-6-12-27-10-4-1-5-11-27/h1-11,19,22H,12-14H2,(H-,26,29,31,32)/t19-,22-/m1/s1. The zero-order valence-corrected chi connectivity index (χ0v) is 20.8. The van der Waals surface area contributed by atoms with Gasteiger partial charge in [-0.15, -0.1) is 23.1 Å². The number of nitrogens with one attached hydrogen (secondary N) is 1. The van der Waals surface area contributed by atoms with Crippen LogP contribution in [-0.2, 0) is 20.9 Å². The zero-order chi connectivity index (χ0) is 24.4. The number of carbonyl (C=O) groups is 3. The number of carbonyl (C=O) groups excluding carboxylic acids is 3. The lowest BCUT2D eigenvalue weighted by Crippen LogP contribution is -2.71. The first-order valence-corrected chi connectivity index (χ1v) is 13.6. The largest absolute Gasteiger partial charge is 0.543 e.